The van der Waals surface area contributed by atoms with Crippen LogP contribution in [0.15, 0.2) is 47.1 Å². The summed E-state index contributed by atoms with van der Waals surface area (Å²) in [6.45, 7) is 3.00. The first kappa shape index (κ1) is 18.4. The van der Waals surface area contributed by atoms with E-state index in [4.69, 9.17) is 33.0 Å². The van der Waals surface area contributed by atoms with E-state index in [9.17, 15) is 4.79 Å². The highest BCUT2D eigenvalue weighted by atomic mass is 35.5. The molecule has 1 aromatic carbocycles. The highest BCUT2D eigenvalue weighted by molar-refractivity contribution is 7.80. The van der Waals surface area contributed by atoms with Crippen LogP contribution in [0, 0.1) is 0 Å². The van der Waals surface area contributed by atoms with Crippen LogP contribution >= 0.6 is 23.8 Å². The van der Waals surface area contributed by atoms with E-state index < -0.39 is 0 Å². The van der Waals surface area contributed by atoms with E-state index in [1.54, 1.807) is 24.3 Å². The number of anilines is 2. The fourth-order valence-electron chi connectivity index (χ4n) is 2.51. The third-order valence-corrected chi connectivity index (χ3v) is 4.24. The zero-order chi connectivity index (χ0) is 18.4. The summed E-state index contributed by atoms with van der Waals surface area (Å²) in [5.74, 6) is 0.236. The van der Waals surface area contributed by atoms with E-state index in [0.29, 0.717) is 29.7 Å². The third kappa shape index (κ3) is 5.08. The molecule has 1 aliphatic rings. The molecule has 0 bridgehead atoms. The van der Waals surface area contributed by atoms with E-state index in [1.165, 1.54) is 12.3 Å². The lowest BCUT2D eigenvalue weighted by Gasteiger charge is -2.29. The Morgan fingerprint density at radius 2 is 2.08 bits per heavy atom. The lowest BCUT2D eigenvalue weighted by molar-refractivity contribution is -0.115. The first-order valence-electron chi connectivity index (χ1n) is 8.07. The van der Waals surface area contributed by atoms with Crippen molar-refractivity contribution in [3.63, 3.8) is 0 Å². The summed E-state index contributed by atoms with van der Waals surface area (Å²) in [7, 11) is 0. The van der Waals surface area contributed by atoms with Gasteiger partial charge in [0.15, 0.2) is 5.11 Å². The molecule has 1 fully saturated rings. The lowest BCUT2D eigenvalue weighted by Crippen LogP contribution is -2.36. The molecule has 8 heteroatoms. The molecule has 1 aromatic heterocycles. The molecule has 136 valence electrons. The summed E-state index contributed by atoms with van der Waals surface area (Å²) >= 11 is 11.5. The van der Waals surface area contributed by atoms with Crippen LogP contribution in [0.3, 0.4) is 0 Å². The topological polar surface area (TPSA) is 66.7 Å². The lowest BCUT2D eigenvalue weighted by atomic mass is 10.2. The van der Waals surface area contributed by atoms with E-state index in [1.807, 2.05) is 12.1 Å². The maximum atomic E-state index is 11.9. The minimum absolute atomic E-state index is 0.189. The fraction of sp³-hybridized carbons (Fsp3) is 0.222. The molecule has 2 N–H and O–H groups in total. The summed E-state index contributed by atoms with van der Waals surface area (Å²) in [4.78, 5) is 14.0. The minimum atomic E-state index is -0.352. The van der Waals surface area contributed by atoms with Gasteiger partial charge in [-0.05, 0) is 48.6 Å². The molecule has 2 aromatic rings. The van der Waals surface area contributed by atoms with Gasteiger partial charge in [0.05, 0.1) is 30.2 Å². The Balaban J connectivity index is 1.55. The van der Waals surface area contributed by atoms with Crippen molar-refractivity contribution >= 4 is 52.3 Å². The first-order chi connectivity index (χ1) is 12.6. The first-order valence-corrected chi connectivity index (χ1v) is 8.86. The van der Waals surface area contributed by atoms with Crippen LogP contribution in [0.4, 0.5) is 11.4 Å². The second kappa shape index (κ2) is 8.84. The van der Waals surface area contributed by atoms with Crippen molar-refractivity contribution in [2.45, 2.75) is 0 Å². The number of morpholine rings is 1. The molecule has 1 saturated heterocycles. The van der Waals surface area contributed by atoms with Crippen LogP contribution in [0.2, 0.25) is 5.02 Å². The van der Waals surface area contributed by atoms with E-state index >= 15 is 0 Å². The quantitative estimate of drug-likeness (QED) is 0.615. The molecule has 0 radical (unpaired) electrons. The van der Waals surface area contributed by atoms with Gasteiger partial charge in [-0.1, -0.05) is 11.6 Å². The highest BCUT2D eigenvalue weighted by Crippen LogP contribution is 2.29. The number of hydrogen-bond acceptors (Lipinski definition) is 5. The minimum Gasteiger partial charge on any atom is -0.465 e. The van der Waals surface area contributed by atoms with Gasteiger partial charge in [-0.2, -0.15) is 0 Å². The molecule has 0 unspecified atom stereocenters. The molecule has 0 aliphatic carbocycles. The Morgan fingerprint density at radius 1 is 1.27 bits per heavy atom. The summed E-state index contributed by atoms with van der Waals surface area (Å²) < 4.78 is 10.5. The molecule has 2 heterocycles. The van der Waals surface area contributed by atoms with Gasteiger partial charge in [0, 0.05) is 24.9 Å². The Bertz CT molecular complexity index is 802. The number of halogens is 1. The van der Waals surface area contributed by atoms with Crippen molar-refractivity contribution in [3.8, 4) is 0 Å². The number of nitrogens with zero attached hydrogens (tertiary/aromatic N) is 1. The average molecular weight is 392 g/mol. The van der Waals surface area contributed by atoms with Crippen molar-refractivity contribution in [1.29, 1.82) is 0 Å². The van der Waals surface area contributed by atoms with E-state index in [-0.39, 0.29) is 11.0 Å². The number of furan rings is 1. The number of benzene rings is 1. The van der Waals surface area contributed by atoms with Gasteiger partial charge in [-0.15, -0.1) is 0 Å². The van der Waals surface area contributed by atoms with Crippen molar-refractivity contribution < 1.29 is 13.9 Å². The fourth-order valence-corrected chi connectivity index (χ4v) is 3.02. The average Bonchev–Trinajstić information content (AvgIpc) is 3.14. The van der Waals surface area contributed by atoms with Gasteiger partial charge >= 0.3 is 0 Å². The van der Waals surface area contributed by atoms with Crippen molar-refractivity contribution in [2.75, 3.05) is 36.5 Å². The Kier molecular flexibility index (Phi) is 6.27. The van der Waals surface area contributed by atoms with Gasteiger partial charge in [0.2, 0.25) is 5.91 Å². The van der Waals surface area contributed by atoms with Crippen LogP contribution in [0.25, 0.3) is 6.08 Å². The summed E-state index contributed by atoms with van der Waals surface area (Å²) in [5.41, 5.74) is 1.66. The van der Waals surface area contributed by atoms with Crippen molar-refractivity contribution in [2.24, 2.45) is 0 Å². The zero-order valence-corrected chi connectivity index (χ0v) is 15.5. The maximum Gasteiger partial charge on any atom is 0.250 e. The van der Waals surface area contributed by atoms with Crippen LogP contribution in [-0.4, -0.2) is 37.3 Å². The highest BCUT2D eigenvalue weighted by Gasteiger charge is 2.14. The molecule has 6 nitrogen and oxygen atoms in total. The Hall–Kier alpha value is -2.35. The van der Waals surface area contributed by atoms with E-state index in [0.717, 1.165) is 18.8 Å². The molecular formula is C18H18ClN3O3S. The second-order valence-corrected chi connectivity index (χ2v) is 6.37. The number of rotatable bonds is 4. The zero-order valence-electron chi connectivity index (χ0n) is 13.9. The Morgan fingerprint density at radius 3 is 2.77 bits per heavy atom. The van der Waals surface area contributed by atoms with Gasteiger partial charge in [-0.3, -0.25) is 10.1 Å². The maximum absolute atomic E-state index is 11.9. The number of carbonyl (C=O) groups excluding carboxylic acids is 1. The largest absolute Gasteiger partial charge is 0.465 e. The molecular weight excluding hydrogens is 374 g/mol. The normalized spacial score (nSPS) is 14.4. The van der Waals surface area contributed by atoms with Gasteiger partial charge < -0.3 is 19.4 Å². The van der Waals surface area contributed by atoms with Gasteiger partial charge in [0.25, 0.3) is 0 Å². The van der Waals surface area contributed by atoms with E-state index in [2.05, 4.69) is 15.5 Å². The molecule has 26 heavy (non-hydrogen) atoms. The number of carbonyl (C=O) groups is 1. The number of nitrogens with one attached hydrogen (secondary N) is 2. The summed E-state index contributed by atoms with van der Waals surface area (Å²) in [6.07, 6.45) is 4.45. The number of ether oxygens (including phenoxy) is 1. The second-order valence-electron chi connectivity index (χ2n) is 5.56. The van der Waals surface area contributed by atoms with Crippen molar-refractivity contribution in [3.05, 3.63) is 53.5 Å². The van der Waals surface area contributed by atoms with Crippen LogP contribution in [-0.2, 0) is 9.53 Å². The van der Waals surface area contributed by atoms with Crippen LogP contribution in [0.5, 0.6) is 0 Å². The van der Waals surface area contributed by atoms with Gasteiger partial charge in [-0.25, -0.2) is 0 Å². The smallest absolute Gasteiger partial charge is 0.250 e. The number of amides is 1. The standard InChI is InChI=1S/C18H18ClN3O3S/c19-15-12-13(3-5-16(15)22-7-10-24-11-8-22)20-18(26)21-17(23)6-4-14-2-1-9-25-14/h1-6,9,12H,7-8,10-11H2,(H2,20,21,23,26)/b6-4-. The van der Waals surface area contributed by atoms with Crippen molar-refractivity contribution in [1.82, 2.24) is 5.32 Å². The number of thiocarbonyl (C=S) groups is 1. The summed E-state index contributed by atoms with van der Waals surface area (Å²) in [5, 5.41) is 6.33. The predicted molar refractivity (Wildman–Crippen MR) is 107 cm³/mol. The number of hydrogen-bond donors (Lipinski definition) is 2. The molecule has 1 amide bonds. The molecule has 0 saturated carbocycles. The SMILES string of the molecule is O=C(/C=C\c1ccco1)NC(=S)Nc1ccc(N2CCOCC2)c(Cl)c1. The summed E-state index contributed by atoms with van der Waals surface area (Å²) in [6, 6.07) is 9.07. The van der Waals surface area contributed by atoms with Gasteiger partial charge in [0.1, 0.15) is 5.76 Å². The monoisotopic (exact) mass is 391 g/mol. The molecule has 3 rings (SSSR count). The molecule has 0 atom stereocenters. The van der Waals surface area contributed by atoms with Crippen LogP contribution in [0.1, 0.15) is 5.76 Å². The third-order valence-electron chi connectivity index (χ3n) is 3.74. The predicted octanol–water partition coefficient (Wildman–Crippen LogP) is 3.30. The van der Waals surface area contributed by atoms with Crippen LogP contribution < -0.4 is 15.5 Å². The molecule has 1 aliphatic heterocycles. The molecule has 0 spiro atoms. The Labute approximate surface area is 161 Å².